The van der Waals surface area contributed by atoms with Crippen molar-refractivity contribution in [3.8, 4) is 0 Å². The summed E-state index contributed by atoms with van der Waals surface area (Å²) in [5, 5.41) is 17.2. The zero-order chi connectivity index (χ0) is 25.8. The second kappa shape index (κ2) is 11.3. The lowest BCUT2D eigenvalue weighted by molar-refractivity contribution is -0.128. The standard InChI is InChI=1S/C27H35F2N3O3/c1-17(2)21-6-5-7-22(13-21)27(8-9-32(16-27)19(4)34)30-15-26(35)25(31-18(3)33)12-20-10-23(28)14-24(29)11-20/h5-7,10-11,13-14,17,25-26,30,35H,8-9,12,15-16H2,1-4H3,(H,31,33)/t25-,26-,27?/m0/s1. The summed E-state index contributed by atoms with van der Waals surface area (Å²) in [4.78, 5) is 25.7. The van der Waals surface area contributed by atoms with Crippen LogP contribution in [0.3, 0.4) is 0 Å². The van der Waals surface area contributed by atoms with Gasteiger partial charge in [-0.2, -0.15) is 0 Å². The predicted octanol–water partition coefficient (Wildman–Crippen LogP) is 3.23. The molecule has 0 spiro atoms. The van der Waals surface area contributed by atoms with Crippen molar-refractivity contribution in [3.63, 3.8) is 0 Å². The molecule has 2 amide bonds. The van der Waals surface area contributed by atoms with Crippen molar-refractivity contribution >= 4 is 11.8 Å². The molecule has 0 bridgehead atoms. The largest absolute Gasteiger partial charge is 0.390 e. The van der Waals surface area contributed by atoms with E-state index in [2.05, 4.69) is 36.6 Å². The number of amides is 2. The van der Waals surface area contributed by atoms with Gasteiger partial charge in [-0.25, -0.2) is 8.78 Å². The first kappa shape index (κ1) is 26.8. The molecular weight excluding hydrogens is 452 g/mol. The van der Waals surface area contributed by atoms with Gasteiger partial charge in [-0.1, -0.05) is 38.1 Å². The maximum atomic E-state index is 13.7. The molecular formula is C27H35F2N3O3. The molecule has 3 rings (SSSR count). The Morgan fingerprint density at radius 2 is 1.80 bits per heavy atom. The average molecular weight is 488 g/mol. The van der Waals surface area contributed by atoms with Crippen LogP contribution in [0.15, 0.2) is 42.5 Å². The van der Waals surface area contributed by atoms with Gasteiger partial charge in [-0.05, 0) is 47.6 Å². The van der Waals surface area contributed by atoms with E-state index in [-0.39, 0.29) is 24.8 Å². The normalized spacial score (nSPS) is 19.6. The molecule has 0 aliphatic carbocycles. The maximum absolute atomic E-state index is 13.7. The minimum atomic E-state index is -1.04. The molecule has 0 aromatic heterocycles. The third-order valence-corrected chi connectivity index (χ3v) is 6.70. The van der Waals surface area contributed by atoms with E-state index in [0.717, 1.165) is 11.6 Å². The fourth-order valence-electron chi connectivity index (χ4n) is 4.73. The van der Waals surface area contributed by atoms with Gasteiger partial charge in [0.1, 0.15) is 11.6 Å². The second-order valence-electron chi connectivity index (χ2n) is 9.79. The van der Waals surface area contributed by atoms with Crippen molar-refractivity contribution in [2.45, 2.75) is 64.1 Å². The van der Waals surface area contributed by atoms with Gasteiger partial charge in [0, 0.05) is 39.5 Å². The Morgan fingerprint density at radius 1 is 1.11 bits per heavy atom. The molecule has 1 aliphatic heterocycles. The molecule has 2 aromatic carbocycles. The van der Waals surface area contributed by atoms with E-state index in [0.29, 0.717) is 31.0 Å². The van der Waals surface area contributed by atoms with Crippen LogP contribution >= 0.6 is 0 Å². The Balaban J connectivity index is 1.83. The van der Waals surface area contributed by atoms with Gasteiger partial charge in [0.25, 0.3) is 0 Å². The molecule has 8 heteroatoms. The van der Waals surface area contributed by atoms with Gasteiger partial charge in [-0.15, -0.1) is 0 Å². The van der Waals surface area contributed by atoms with Crippen molar-refractivity contribution in [3.05, 3.63) is 70.8 Å². The number of carbonyl (C=O) groups is 2. The van der Waals surface area contributed by atoms with E-state index < -0.39 is 29.3 Å². The smallest absolute Gasteiger partial charge is 0.219 e. The highest BCUT2D eigenvalue weighted by Crippen LogP contribution is 2.34. The third kappa shape index (κ3) is 6.86. The first-order valence-corrected chi connectivity index (χ1v) is 12.0. The summed E-state index contributed by atoms with van der Waals surface area (Å²) in [6.07, 6.45) is -0.311. The first-order valence-electron chi connectivity index (χ1n) is 12.0. The van der Waals surface area contributed by atoms with Crippen LogP contribution in [0.25, 0.3) is 0 Å². The van der Waals surface area contributed by atoms with Crippen molar-refractivity contribution in [2.75, 3.05) is 19.6 Å². The van der Waals surface area contributed by atoms with Crippen LogP contribution in [0.4, 0.5) is 8.78 Å². The number of nitrogens with one attached hydrogen (secondary N) is 2. The monoisotopic (exact) mass is 487 g/mol. The molecule has 35 heavy (non-hydrogen) atoms. The van der Waals surface area contributed by atoms with E-state index in [1.165, 1.54) is 24.6 Å². The number of hydrogen-bond acceptors (Lipinski definition) is 4. The molecule has 1 heterocycles. The lowest BCUT2D eigenvalue weighted by atomic mass is 9.86. The molecule has 190 valence electrons. The summed E-state index contributed by atoms with van der Waals surface area (Å²) in [6, 6.07) is 10.6. The summed E-state index contributed by atoms with van der Waals surface area (Å²) in [7, 11) is 0. The summed E-state index contributed by atoms with van der Waals surface area (Å²) in [6.45, 7) is 8.26. The van der Waals surface area contributed by atoms with Gasteiger partial charge in [0.05, 0.1) is 17.7 Å². The molecule has 0 saturated carbocycles. The van der Waals surface area contributed by atoms with Crippen LogP contribution in [0, 0.1) is 11.6 Å². The highest BCUT2D eigenvalue weighted by molar-refractivity contribution is 5.74. The minimum Gasteiger partial charge on any atom is -0.390 e. The topological polar surface area (TPSA) is 81.7 Å². The van der Waals surface area contributed by atoms with Gasteiger partial charge in [0.2, 0.25) is 11.8 Å². The number of hydrogen-bond donors (Lipinski definition) is 3. The summed E-state index contributed by atoms with van der Waals surface area (Å²) in [5.74, 6) is -1.46. The fourth-order valence-corrected chi connectivity index (χ4v) is 4.73. The first-order chi connectivity index (χ1) is 16.5. The van der Waals surface area contributed by atoms with Crippen molar-refractivity contribution in [1.29, 1.82) is 0 Å². The Kier molecular flexibility index (Phi) is 8.61. The number of rotatable bonds is 9. The molecule has 1 saturated heterocycles. The number of benzene rings is 2. The second-order valence-corrected chi connectivity index (χ2v) is 9.79. The molecule has 6 nitrogen and oxygen atoms in total. The fraction of sp³-hybridized carbons (Fsp3) is 0.481. The molecule has 3 atom stereocenters. The van der Waals surface area contributed by atoms with Crippen molar-refractivity contribution in [2.24, 2.45) is 0 Å². The van der Waals surface area contributed by atoms with E-state index in [9.17, 15) is 23.5 Å². The highest BCUT2D eigenvalue weighted by Gasteiger charge is 2.41. The van der Waals surface area contributed by atoms with Gasteiger partial charge in [-0.3, -0.25) is 9.59 Å². The SMILES string of the molecule is CC(=O)N[C@@H](Cc1cc(F)cc(F)c1)[C@@H](O)CNC1(c2cccc(C(C)C)c2)CCN(C(C)=O)C1. The lowest BCUT2D eigenvalue weighted by Gasteiger charge is -2.34. The number of halogens is 2. The van der Waals surface area contributed by atoms with Gasteiger partial charge < -0.3 is 20.6 Å². The van der Waals surface area contributed by atoms with Crippen LogP contribution in [0.5, 0.6) is 0 Å². The van der Waals surface area contributed by atoms with E-state index in [1.54, 1.807) is 11.8 Å². The molecule has 2 aromatic rings. The summed E-state index contributed by atoms with van der Waals surface area (Å²) < 4.78 is 27.4. The van der Waals surface area contributed by atoms with E-state index in [4.69, 9.17) is 0 Å². The molecule has 3 N–H and O–H groups in total. The van der Waals surface area contributed by atoms with Crippen LogP contribution in [0.2, 0.25) is 0 Å². The Bertz CT molecular complexity index is 1040. The molecule has 1 fully saturated rings. The van der Waals surface area contributed by atoms with E-state index in [1.807, 2.05) is 12.1 Å². The highest BCUT2D eigenvalue weighted by atomic mass is 19.1. The lowest BCUT2D eigenvalue weighted by Crippen LogP contribution is -2.53. The summed E-state index contributed by atoms with van der Waals surface area (Å²) in [5.41, 5.74) is 1.98. The predicted molar refractivity (Wildman–Crippen MR) is 131 cm³/mol. The Morgan fingerprint density at radius 3 is 2.37 bits per heavy atom. The Labute approximate surface area is 205 Å². The average Bonchev–Trinajstić information content (AvgIpc) is 3.22. The molecule has 0 radical (unpaired) electrons. The zero-order valence-corrected chi connectivity index (χ0v) is 20.8. The number of carbonyl (C=O) groups excluding carboxylic acids is 2. The van der Waals surface area contributed by atoms with Gasteiger partial charge in [0.15, 0.2) is 0 Å². The van der Waals surface area contributed by atoms with Crippen LogP contribution < -0.4 is 10.6 Å². The Hall–Kier alpha value is -2.84. The van der Waals surface area contributed by atoms with E-state index >= 15 is 0 Å². The number of likely N-dealkylation sites (tertiary alicyclic amines) is 1. The van der Waals surface area contributed by atoms with Crippen LogP contribution in [0.1, 0.15) is 56.7 Å². The zero-order valence-electron chi connectivity index (χ0n) is 20.8. The molecule has 1 aliphatic rings. The quantitative estimate of drug-likeness (QED) is 0.507. The summed E-state index contributed by atoms with van der Waals surface area (Å²) >= 11 is 0. The van der Waals surface area contributed by atoms with Crippen molar-refractivity contribution in [1.82, 2.24) is 15.5 Å². The van der Waals surface area contributed by atoms with Crippen LogP contribution in [-0.2, 0) is 21.5 Å². The van der Waals surface area contributed by atoms with Crippen molar-refractivity contribution < 1.29 is 23.5 Å². The van der Waals surface area contributed by atoms with Gasteiger partial charge >= 0.3 is 0 Å². The third-order valence-electron chi connectivity index (χ3n) is 6.70. The number of aliphatic hydroxyl groups excluding tert-OH is 1. The maximum Gasteiger partial charge on any atom is 0.219 e. The number of nitrogens with zero attached hydrogens (tertiary/aromatic N) is 1. The van der Waals surface area contributed by atoms with Crippen LogP contribution in [-0.4, -0.2) is 53.6 Å². The molecule has 1 unspecified atom stereocenters. The minimum absolute atomic E-state index is 0.0153. The number of aliphatic hydroxyl groups is 1.